The fraction of sp³-hybridized carbons (Fsp3) is 0.154. The summed E-state index contributed by atoms with van der Waals surface area (Å²) in [5, 5.41) is 5.15. The van der Waals surface area contributed by atoms with Gasteiger partial charge < -0.3 is 18.6 Å². The Hall–Kier alpha value is -3.24. The number of fused-ring (bicyclic) bond motifs is 1. The van der Waals surface area contributed by atoms with Gasteiger partial charge in [0.25, 0.3) is 0 Å². The highest BCUT2D eigenvalue weighted by Crippen LogP contribution is 2.36. The number of carbonyl (C=O) groups excluding carboxylic acids is 1. The Bertz CT molecular complexity index is 1370. The molecule has 0 saturated heterocycles. The number of halogens is 2. The van der Waals surface area contributed by atoms with Crippen molar-refractivity contribution < 1.29 is 23.4 Å². The molecule has 1 heterocycles. The van der Waals surface area contributed by atoms with Crippen molar-refractivity contribution in [3.05, 3.63) is 86.1 Å². The van der Waals surface area contributed by atoms with Crippen molar-refractivity contribution in [1.82, 2.24) is 5.43 Å². The number of methoxy groups -OCH3 is 1. The maximum Gasteiger partial charge on any atom is 0.307 e. The Labute approximate surface area is 221 Å². The summed E-state index contributed by atoms with van der Waals surface area (Å²) in [7, 11) is 1.53. The number of hydrogen-bond acceptors (Lipinski definition) is 6. The molecule has 0 saturated carbocycles. The number of benzene rings is 3. The average Bonchev–Trinajstić information content (AvgIpc) is 3.28. The molecule has 35 heavy (non-hydrogen) atoms. The minimum absolute atomic E-state index is 0.140. The average molecular weight is 605 g/mol. The van der Waals surface area contributed by atoms with Crippen LogP contribution in [0.15, 0.2) is 70.2 Å². The molecule has 0 aliphatic rings. The number of hydrogen-bond donors (Lipinski definition) is 1. The molecular weight excluding hydrogens is 583 g/mol. The van der Waals surface area contributed by atoms with E-state index in [2.05, 4.69) is 33.1 Å². The molecule has 1 aromatic heterocycles. The molecule has 4 rings (SSSR count). The van der Waals surface area contributed by atoms with Gasteiger partial charge in [-0.05, 0) is 89.2 Å². The van der Waals surface area contributed by atoms with Crippen molar-refractivity contribution in [3.8, 4) is 17.2 Å². The van der Waals surface area contributed by atoms with Gasteiger partial charge in [-0.1, -0.05) is 23.7 Å². The molecule has 7 nitrogen and oxygen atoms in total. The van der Waals surface area contributed by atoms with Gasteiger partial charge in [-0.3, -0.25) is 4.79 Å². The molecule has 0 aliphatic heterocycles. The molecule has 3 aromatic carbocycles. The Kier molecular flexibility index (Phi) is 8.14. The molecule has 9 heteroatoms. The summed E-state index contributed by atoms with van der Waals surface area (Å²) in [6.07, 6.45) is 1.46. The van der Waals surface area contributed by atoms with Crippen LogP contribution in [0.3, 0.4) is 0 Å². The SMILES string of the molecule is CCOc1ccc2oc(C(=O)N/N=C/c3cc(Cl)c(OCc4ccc(I)cc4)c(OC)c3)cc2c1. The van der Waals surface area contributed by atoms with E-state index in [0.717, 1.165) is 14.5 Å². The Morgan fingerprint density at radius 1 is 1.11 bits per heavy atom. The van der Waals surface area contributed by atoms with E-state index in [0.29, 0.717) is 46.6 Å². The third-order valence-corrected chi connectivity index (χ3v) is 5.95. The predicted octanol–water partition coefficient (Wildman–Crippen LogP) is 6.44. The molecule has 0 unspecified atom stereocenters. The lowest BCUT2D eigenvalue weighted by Gasteiger charge is -2.13. The van der Waals surface area contributed by atoms with Crippen LogP contribution in [0.4, 0.5) is 0 Å². The first-order valence-corrected chi connectivity index (χ1v) is 12.2. The van der Waals surface area contributed by atoms with E-state index in [1.54, 1.807) is 30.3 Å². The van der Waals surface area contributed by atoms with Crippen LogP contribution in [0.25, 0.3) is 11.0 Å². The first-order valence-electron chi connectivity index (χ1n) is 10.7. The fourth-order valence-corrected chi connectivity index (χ4v) is 3.93. The van der Waals surface area contributed by atoms with Crippen LogP contribution >= 0.6 is 34.2 Å². The summed E-state index contributed by atoms with van der Waals surface area (Å²) in [5.41, 5.74) is 4.68. The van der Waals surface area contributed by atoms with E-state index in [1.165, 1.54) is 13.3 Å². The smallest absolute Gasteiger partial charge is 0.307 e. The maximum atomic E-state index is 12.5. The highest BCUT2D eigenvalue weighted by atomic mass is 127. The predicted molar refractivity (Wildman–Crippen MR) is 144 cm³/mol. The van der Waals surface area contributed by atoms with Gasteiger partial charge in [0, 0.05) is 8.96 Å². The number of nitrogens with zero attached hydrogens (tertiary/aromatic N) is 1. The summed E-state index contributed by atoms with van der Waals surface area (Å²) >= 11 is 8.69. The van der Waals surface area contributed by atoms with Crippen LogP contribution in [0.5, 0.6) is 17.2 Å². The van der Waals surface area contributed by atoms with E-state index >= 15 is 0 Å². The van der Waals surface area contributed by atoms with Gasteiger partial charge in [0.2, 0.25) is 0 Å². The van der Waals surface area contributed by atoms with Gasteiger partial charge in [0.15, 0.2) is 17.3 Å². The lowest BCUT2D eigenvalue weighted by Crippen LogP contribution is -2.16. The van der Waals surface area contributed by atoms with Gasteiger partial charge in [0.05, 0.1) is 25.0 Å². The number of furan rings is 1. The molecule has 0 bridgehead atoms. The van der Waals surface area contributed by atoms with Crippen molar-refractivity contribution >= 4 is 57.3 Å². The van der Waals surface area contributed by atoms with Gasteiger partial charge in [-0.25, -0.2) is 5.43 Å². The monoisotopic (exact) mass is 604 g/mol. The third-order valence-electron chi connectivity index (χ3n) is 4.95. The molecule has 4 aromatic rings. The normalized spacial score (nSPS) is 11.1. The van der Waals surface area contributed by atoms with E-state index in [4.69, 9.17) is 30.2 Å². The minimum Gasteiger partial charge on any atom is -0.494 e. The largest absolute Gasteiger partial charge is 0.494 e. The second kappa shape index (κ2) is 11.5. The van der Waals surface area contributed by atoms with Crippen LogP contribution in [0.2, 0.25) is 5.02 Å². The zero-order chi connectivity index (χ0) is 24.8. The molecule has 0 spiro atoms. The second-order valence-electron chi connectivity index (χ2n) is 7.39. The van der Waals surface area contributed by atoms with Crippen molar-refractivity contribution in [1.29, 1.82) is 0 Å². The number of hydrazone groups is 1. The number of carbonyl (C=O) groups is 1. The molecule has 0 fully saturated rings. The van der Waals surface area contributed by atoms with E-state index in [1.807, 2.05) is 37.3 Å². The quantitative estimate of drug-likeness (QED) is 0.135. The van der Waals surface area contributed by atoms with Gasteiger partial charge in [-0.15, -0.1) is 0 Å². The highest BCUT2D eigenvalue weighted by Gasteiger charge is 2.14. The second-order valence-corrected chi connectivity index (χ2v) is 9.04. The van der Waals surface area contributed by atoms with Crippen LogP contribution in [-0.2, 0) is 6.61 Å². The van der Waals surface area contributed by atoms with Crippen molar-refractivity contribution in [2.75, 3.05) is 13.7 Å². The number of ether oxygens (including phenoxy) is 3. The highest BCUT2D eigenvalue weighted by molar-refractivity contribution is 14.1. The summed E-state index contributed by atoms with van der Waals surface area (Å²) in [4.78, 5) is 12.5. The van der Waals surface area contributed by atoms with Crippen molar-refractivity contribution in [3.63, 3.8) is 0 Å². The Morgan fingerprint density at radius 3 is 2.66 bits per heavy atom. The number of rotatable bonds is 9. The van der Waals surface area contributed by atoms with E-state index in [9.17, 15) is 4.79 Å². The number of nitrogens with one attached hydrogen (secondary N) is 1. The standard InChI is InChI=1S/C26H22ClIN2O5/c1-3-33-20-8-9-22-18(12-20)13-24(35-22)26(31)30-29-14-17-10-21(27)25(23(11-17)32-2)34-15-16-4-6-19(28)7-5-16/h4-14H,3,15H2,1-2H3,(H,30,31)/b29-14+. The number of amides is 1. The lowest BCUT2D eigenvalue weighted by atomic mass is 10.2. The third kappa shape index (κ3) is 6.26. The molecular formula is C26H22ClIN2O5. The Morgan fingerprint density at radius 2 is 1.91 bits per heavy atom. The lowest BCUT2D eigenvalue weighted by molar-refractivity contribution is 0.0929. The first kappa shape index (κ1) is 24.9. The topological polar surface area (TPSA) is 82.3 Å². The first-order chi connectivity index (χ1) is 17.0. The summed E-state index contributed by atoms with van der Waals surface area (Å²) < 4.78 is 23.6. The van der Waals surface area contributed by atoms with Crippen molar-refractivity contribution in [2.24, 2.45) is 5.10 Å². The van der Waals surface area contributed by atoms with Gasteiger partial charge >= 0.3 is 5.91 Å². The molecule has 0 atom stereocenters. The molecule has 0 aliphatic carbocycles. The van der Waals surface area contributed by atoms with Gasteiger partial charge in [0.1, 0.15) is 17.9 Å². The van der Waals surface area contributed by atoms with E-state index in [-0.39, 0.29) is 5.76 Å². The van der Waals surface area contributed by atoms with Crippen molar-refractivity contribution in [2.45, 2.75) is 13.5 Å². The molecule has 1 amide bonds. The zero-order valence-corrected chi connectivity index (χ0v) is 21.9. The molecule has 180 valence electrons. The molecule has 0 radical (unpaired) electrons. The minimum atomic E-state index is -0.481. The van der Waals surface area contributed by atoms with E-state index < -0.39 is 5.91 Å². The summed E-state index contributed by atoms with van der Waals surface area (Å²) in [5.74, 6) is 1.26. The van der Waals surface area contributed by atoms with Crippen LogP contribution in [-0.4, -0.2) is 25.8 Å². The fourth-order valence-electron chi connectivity index (χ4n) is 3.30. The summed E-state index contributed by atoms with van der Waals surface area (Å²) in [6, 6.07) is 18.4. The molecule has 1 N–H and O–H groups in total. The maximum absolute atomic E-state index is 12.5. The van der Waals surface area contributed by atoms with Crippen LogP contribution < -0.4 is 19.6 Å². The Balaban J connectivity index is 1.42. The summed E-state index contributed by atoms with van der Waals surface area (Å²) in [6.45, 7) is 2.81. The zero-order valence-electron chi connectivity index (χ0n) is 19.0. The van der Waals surface area contributed by atoms with Gasteiger partial charge in [-0.2, -0.15) is 5.10 Å². The van der Waals surface area contributed by atoms with Crippen LogP contribution in [0.1, 0.15) is 28.6 Å². The van der Waals surface area contributed by atoms with Crippen LogP contribution in [0, 0.1) is 3.57 Å².